The van der Waals surface area contributed by atoms with Gasteiger partial charge in [0.2, 0.25) is 0 Å². The van der Waals surface area contributed by atoms with Crippen molar-refractivity contribution in [1.82, 2.24) is 20.1 Å². The van der Waals surface area contributed by atoms with Crippen molar-refractivity contribution >= 4 is 17.2 Å². The molecular formula is C17H20N4O2S. The summed E-state index contributed by atoms with van der Waals surface area (Å²) in [5.74, 6) is 1.73. The summed E-state index contributed by atoms with van der Waals surface area (Å²) in [5.41, 5.74) is 0.723. The highest BCUT2D eigenvalue weighted by Gasteiger charge is 2.18. The first-order valence-corrected chi connectivity index (χ1v) is 8.64. The molecule has 0 aliphatic rings. The maximum atomic E-state index is 12.4. The molecule has 24 heavy (non-hydrogen) atoms. The van der Waals surface area contributed by atoms with Gasteiger partial charge in [-0.1, -0.05) is 6.92 Å². The Hall–Kier alpha value is -2.41. The monoisotopic (exact) mass is 344 g/mol. The summed E-state index contributed by atoms with van der Waals surface area (Å²) >= 11 is 1.36. The highest BCUT2D eigenvalue weighted by Crippen LogP contribution is 2.29. The molecule has 3 rings (SSSR count). The molecule has 0 spiro atoms. The van der Waals surface area contributed by atoms with Gasteiger partial charge in [-0.05, 0) is 38.0 Å². The fraction of sp³-hybridized carbons (Fsp3) is 0.353. The molecule has 0 saturated carbocycles. The zero-order chi connectivity index (χ0) is 17.1. The van der Waals surface area contributed by atoms with E-state index in [-0.39, 0.29) is 11.8 Å². The lowest BCUT2D eigenvalue weighted by atomic mass is 10.2. The third-order valence-corrected chi connectivity index (χ3v) is 4.79. The number of nitrogens with one attached hydrogen (secondary N) is 1. The van der Waals surface area contributed by atoms with Gasteiger partial charge in [0.05, 0.1) is 5.69 Å². The van der Waals surface area contributed by atoms with Crippen molar-refractivity contribution in [2.45, 2.75) is 27.3 Å². The van der Waals surface area contributed by atoms with Crippen LogP contribution in [0, 0.1) is 19.8 Å². The van der Waals surface area contributed by atoms with Crippen LogP contribution in [0.5, 0.6) is 0 Å². The van der Waals surface area contributed by atoms with Gasteiger partial charge in [0.15, 0.2) is 10.8 Å². The summed E-state index contributed by atoms with van der Waals surface area (Å²) in [6.07, 6.45) is 3.67. The van der Waals surface area contributed by atoms with Crippen molar-refractivity contribution in [3.63, 3.8) is 0 Å². The van der Waals surface area contributed by atoms with Gasteiger partial charge in [0.25, 0.3) is 5.91 Å². The zero-order valence-corrected chi connectivity index (χ0v) is 14.8. The van der Waals surface area contributed by atoms with Crippen LogP contribution in [0.1, 0.15) is 28.0 Å². The van der Waals surface area contributed by atoms with E-state index in [4.69, 9.17) is 4.42 Å². The second kappa shape index (κ2) is 7.00. The van der Waals surface area contributed by atoms with Crippen LogP contribution in [-0.2, 0) is 6.54 Å². The number of rotatable bonds is 6. The number of aromatic nitrogens is 3. The Morgan fingerprint density at radius 2 is 2.25 bits per heavy atom. The first-order chi connectivity index (χ1) is 11.5. The van der Waals surface area contributed by atoms with Gasteiger partial charge >= 0.3 is 0 Å². The summed E-state index contributed by atoms with van der Waals surface area (Å²) in [4.78, 5) is 17.5. The first kappa shape index (κ1) is 16.4. The van der Waals surface area contributed by atoms with Crippen LogP contribution in [0.4, 0.5) is 0 Å². The van der Waals surface area contributed by atoms with Gasteiger partial charge in [0.1, 0.15) is 10.6 Å². The summed E-state index contributed by atoms with van der Waals surface area (Å²) < 4.78 is 7.45. The van der Waals surface area contributed by atoms with E-state index in [1.807, 2.05) is 42.9 Å². The van der Waals surface area contributed by atoms with Crippen LogP contribution >= 0.6 is 11.3 Å². The number of aryl methyl sites for hydroxylation is 2. The van der Waals surface area contributed by atoms with Gasteiger partial charge in [-0.25, -0.2) is 4.98 Å². The van der Waals surface area contributed by atoms with E-state index in [2.05, 4.69) is 22.3 Å². The number of amides is 1. The molecule has 0 saturated heterocycles. The Kier molecular flexibility index (Phi) is 4.80. The van der Waals surface area contributed by atoms with Crippen LogP contribution in [0.25, 0.3) is 10.8 Å². The third-order valence-electron chi connectivity index (χ3n) is 3.62. The highest BCUT2D eigenvalue weighted by atomic mass is 32.1. The van der Waals surface area contributed by atoms with E-state index in [1.54, 1.807) is 6.20 Å². The van der Waals surface area contributed by atoms with E-state index < -0.39 is 0 Å². The summed E-state index contributed by atoms with van der Waals surface area (Å²) in [5, 5.41) is 7.89. The number of hydrogen-bond acceptors (Lipinski definition) is 5. The third kappa shape index (κ3) is 3.73. The molecule has 1 N–H and O–H groups in total. The summed E-state index contributed by atoms with van der Waals surface area (Å²) in [7, 11) is 0. The zero-order valence-electron chi connectivity index (χ0n) is 13.9. The Morgan fingerprint density at radius 1 is 1.42 bits per heavy atom. The maximum Gasteiger partial charge on any atom is 0.263 e. The molecule has 6 nitrogen and oxygen atoms in total. The lowest BCUT2D eigenvalue weighted by Gasteiger charge is -2.12. The lowest BCUT2D eigenvalue weighted by molar-refractivity contribution is 0.0950. The number of carbonyl (C=O) groups is 1. The number of carbonyl (C=O) groups excluding carboxylic acids is 1. The topological polar surface area (TPSA) is 73.0 Å². The van der Waals surface area contributed by atoms with Crippen LogP contribution in [0.2, 0.25) is 0 Å². The maximum absolute atomic E-state index is 12.4. The number of furan rings is 1. The molecule has 126 valence electrons. The van der Waals surface area contributed by atoms with E-state index in [1.165, 1.54) is 11.3 Å². The number of nitrogens with zero attached hydrogens (tertiary/aromatic N) is 3. The average molecular weight is 344 g/mol. The number of hydrogen-bond donors (Lipinski definition) is 1. The second-order valence-electron chi connectivity index (χ2n) is 5.89. The Morgan fingerprint density at radius 3 is 2.92 bits per heavy atom. The van der Waals surface area contributed by atoms with Crippen molar-refractivity contribution in [2.75, 3.05) is 6.54 Å². The molecule has 0 unspecified atom stereocenters. The van der Waals surface area contributed by atoms with Crippen molar-refractivity contribution in [1.29, 1.82) is 0 Å². The van der Waals surface area contributed by atoms with Gasteiger partial charge in [0, 0.05) is 25.5 Å². The van der Waals surface area contributed by atoms with E-state index >= 15 is 0 Å². The molecule has 1 amide bonds. The van der Waals surface area contributed by atoms with E-state index in [0.717, 1.165) is 23.0 Å². The molecule has 0 fully saturated rings. The van der Waals surface area contributed by atoms with Crippen molar-refractivity contribution in [2.24, 2.45) is 5.92 Å². The van der Waals surface area contributed by atoms with Crippen LogP contribution in [0.3, 0.4) is 0 Å². The van der Waals surface area contributed by atoms with Crippen molar-refractivity contribution in [3.05, 3.63) is 46.9 Å². The van der Waals surface area contributed by atoms with Gasteiger partial charge in [-0.2, -0.15) is 5.10 Å². The molecule has 0 aliphatic heterocycles. The molecule has 3 aromatic heterocycles. The molecule has 3 heterocycles. The van der Waals surface area contributed by atoms with Gasteiger partial charge in [-0.3, -0.25) is 9.48 Å². The molecule has 1 atom stereocenters. The molecule has 0 aromatic carbocycles. The minimum Gasteiger partial charge on any atom is -0.459 e. The van der Waals surface area contributed by atoms with Gasteiger partial charge < -0.3 is 9.73 Å². The van der Waals surface area contributed by atoms with Gasteiger partial charge in [-0.15, -0.1) is 11.3 Å². The van der Waals surface area contributed by atoms with Crippen LogP contribution in [0.15, 0.2) is 35.0 Å². The fourth-order valence-corrected chi connectivity index (χ4v) is 3.35. The SMILES string of the molecule is Cc1ccc(-c2nc(C)c(C(=O)NC[C@H](C)Cn3cccn3)s2)o1. The van der Waals surface area contributed by atoms with Crippen LogP contribution < -0.4 is 5.32 Å². The highest BCUT2D eigenvalue weighted by molar-refractivity contribution is 7.17. The Labute approximate surface area is 144 Å². The summed E-state index contributed by atoms with van der Waals surface area (Å²) in [6, 6.07) is 5.66. The van der Waals surface area contributed by atoms with Crippen molar-refractivity contribution < 1.29 is 9.21 Å². The molecule has 7 heteroatoms. The predicted octanol–water partition coefficient (Wildman–Crippen LogP) is 3.28. The minimum absolute atomic E-state index is 0.0909. The molecule has 0 aliphatic carbocycles. The quantitative estimate of drug-likeness (QED) is 0.745. The fourth-order valence-electron chi connectivity index (χ4n) is 2.40. The Bertz CT molecular complexity index is 820. The molecule has 3 aromatic rings. The smallest absolute Gasteiger partial charge is 0.263 e. The van der Waals surface area contributed by atoms with E-state index in [9.17, 15) is 4.79 Å². The summed E-state index contributed by atoms with van der Waals surface area (Å²) in [6.45, 7) is 7.17. The van der Waals surface area contributed by atoms with E-state index in [0.29, 0.717) is 17.2 Å². The normalized spacial score (nSPS) is 12.3. The molecular weight excluding hydrogens is 324 g/mol. The Balaban J connectivity index is 1.61. The number of thiazole rings is 1. The largest absolute Gasteiger partial charge is 0.459 e. The lowest BCUT2D eigenvalue weighted by Crippen LogP contribution is -2.30. The standard InChI is InChI=1S/C17H20N4O2S/c1-11(10-21-8-4-7-19-21)9-18-16(22)15-13(3)20-17(24-15)14-6-5-12(2)23-14/h4-8,11H,9-10H2,1-3H3,(H,18,22)/t11-/m0/s1. The minimum atomic E-state index is -0.0909. The predicted molar refractivity (Wildman–Crippen MR) is 93.0 cm³/mol. The first-order valence-electron chi connectivity index (χ1n) is 7.83. The second-order valence-corrected chi connectivity index (χ2v) is 6.89. The van der Waals surface area contributed by atoms with Crippen molar-refractivity contribution in [3.8, 4) is 10.8 Å². The molecule has 0 radical (unpaired) electrons. The average Bonchev–Trinajstić information content (AvgIpc) is 3.26. The molecule has 0 bridgehead atoms. The van der Waals surface area contributed by atoms with Crippen LogP contribution in [-0.4, -0.2) is 27.2 Å².